The molecule has 0 saturated heterocycles. The molecular weight excluding hydrogens is 318 g/mol. The predicted octanol–water partition coefficient (Wildman–Crippen LogP) is 7.75. The van der Waals surface area contributed by atoms with Crippen LogP contribution in [-0.4, -0.2) is 4.98 Å². The average molecular weight is 356 g/mol. The third kappa shape index (κ3) is 11.7. The Bertz CT molecular complexity index is 611. The lowest BCUT2D eigenvalue weighted by Crippen LogP contribution is -1.83. The van der Waals surface area contributed by atoms with E-state index in [-0.39, 0.29) is 0 Å². The van der Waals surface area contributed by atoms with Crippen LogP contribution in [0.15, 0.2) is 63.6 Å². The molecule has 0 N–H and O–H groups in total. The molecule has 0 aliphatic heterocycles. The van der Waals surface area contributed by atoms with Crippen LogP contribution in [0.2, 0.25) is 0 Å². The topological polar surface area (TPSA) is 26.0 Å². The van der Waals surface area contributed by atoms with E-state index in [9.17, 15) is 0 Å². The normalized spacial score (nSPS) is 13.2. The summed E-state index contributed by atoms with van der Waals surface area (Å²) >= 11 is 0. The molecule has 0 bridgehead atoms. The van der Waals surface area contributed by atoms with Gasteiger partial charge < -0.3 is 4.42 Å². The average Bonchev–Trinajstić information content (AvgIpc) is 3.08. The Morgan fingerprint density at radius 3 is 1.73 bits per heavy atom. The van der Waals surface area contributed by atoms with Crippen molar-refractivity contribution in [1.29, 1.82) is 0 Å². The third-order valence-electron chi connectivity index (χ3n) is 4.52. The Morgan fingerprint density at radius 2 is 1.27 bits per heavy atom. The lowest BCUT2D eigenvalue weighted by molar-refractivity contribution is 0.504. The molecular formula is C24H37NO. The monoisotopic (exact) mass is 355 g/mol. The van der Waals surface area contributed by atoms with Crippen LogP contribution in [0, 0.1) is 0 Å². The number of aryl methyl sites for hydroxylation is 1. The van der Waals surface area contributed by atoms with Crippen molar-refractivity contribution in [3.8, 4) is 0 Å². The minimum Gasteiger partial charge on any atom is -0.449 e. The van der Waals surface area contributed by atoms with E-state index in [1.165, 1.54) is 47.9 Å². The number of rotatable bonds is 12. The van der Waals surface area contributed by atoms with E-state index in [2.05, 4.69) is 63.9 Å². The first-order valence-electron chi connectivity index (χ1n) is 9.95. The Labute approximate surface area is 160 Å². The highest BCUT2D eigenvalue weighted by atomic mass is 16.3. The highest BCUT2D eigenvalue weighted by molar-refractivity contribution is 5.07. The maximum Gasteiger partial charge on any atom is 0.180 e. The number of hydrogen-bond donors (Lipinski definition) is 0. The summed E-state index contributed by atoms with van der Waals surface area (Å²) in [6, 6.07) is 0. The fourth-order valence-corrected chi connectivity index (χ4v) is 2.81. The molecule has 0 amide bonds. The Hall–Kier alpha value is -1.83. The van der Waals surface area contributed by atoms with Gasteiger partial charge in [0.2, 0.25) is 0 Å². The molecule has 1 heterocycles. The fraction of sp³-hybridized carbons (Fsp3) is 0.542. The molecule has 0 fully saturated rings. The molecule has 0 spiro atoms. The molecule has 26 heavy (non-hydrogen) atoms. The standard InChI is InChI=1S/C24H37NO/c1-20(2)10-6-11-21(3)12-7-13-22(4)14-8-15-23(5)16-9-17-24-18-25-19-26-24/h10,12,14,16,18-19H,6-9,11,13,15,17H2,1-5H3/b21-12+,22-14+,23-16+. The molecule has 0 saturated carbocycles. The minimum absolute atomic E-state index is 0.936. The van der Waals surface area contributed by atoms with Gasteiger partial charge in [0.05, 0.1) is 6.20 Å². The van der Waals surface area contributed by atoms with Gasteiger partial charge >= 0.3 is 0 Å². The van der Waals surface area contributed by atoms with Gasteiger partial charge in [-0.25, -0.2) is 4.98 Å². The SMILES string of the molecule is CC(C)=CCC/C(C)=C/CC/C(C)=C/CC/C(C)=C/CCc1cnco1. The van der Waals surface area contributed by atoms with E-state index in [1.54, 1.807) is 6.20 Å². The molecule has 1 aromatic heterocycles. The van der Waals surface area contributed by atoms with Gasteiger partial charge in [-0.2, -0.15) is 0 Å². The number of oxazole rings is 1. The van der Waals surface area contributed by atoms with Crippen LogP contribution in [0.3, 0.4) is 0 Å². The van der Waals surface area contributed by atoms with Crippen molar-refractivity contribution < 1.29 is 4.42 Å². The van der Waals surface area contributed by atoms with Crippen molar-refractivity contribution in [3.63, 3.8) is 0 Å². The molecule has 0 aliphatic rings. The van der Waals surface area contributed by atoms with Crippen LogP contribution >= 0.6 is 0 Å². The van der Waals surface area contributed by atoms with Crippen molar-refractivity contribution in [3.05, 3.63) is 64.9 Å². The first-order chi connectivity index (χ1) is 12.5. The smallest absolute Gasteiger partial charge is 0.180 e. The quantitative estimate of drug-likeness (QED) is 0.358. The number of nitrogens with zero attached hydrogens (tertiary/aromatic N) is 1. The van der Waals surface area contributed by atoms with Gasteiger partial charge in [0.15, 0.2) is 6.39 Å². The zero-order valence-electron chi connectivity index (χ0n) is 17.5. The highest BCUT2D eigenvalue weighted by Gasteiger charge is 1.96. The van der Waals surface area contributed by atoms with Gasteiger partial charge in [-0.15, -0.1) is 0 Å². The van der Waals surface area contributed by atoms with Crippen LogP contribution in [0.4, 0.5) is 0 Å². The van der Waals surface area contributed by atoms with Crippen molar-refractivity contribution in [2.45, 2.75) is 86.0 Å². The van der Waals surface area contributed by atoms with Crippen LogP contribution in [0.5, 0.6) is 0 Å². The molecule has 0 aromatic carbocycles. The van der Waals surface area contributed by atoms with E-state index in [1.807, 2.05) is 0 Å². The molecule has 0 atom stereocenters. The second kappa shape index (κ2) is 13.4. The molecule has 2 heteroatoms. The molecule has 0 unspecified atom stereocenters. The zero-order valence-corrected chi connectivity index (χ0v) is 17.5. The van der Waals surface area contributed by atoms with Crippen LogP contribution in [0.1, 0.15) is 85.3 Å². The minimum atomic E-state index is 0.936. The third-order valence-corrected chi connectivity index (χ3v) is 4.52. The Kier molecular flexibility index (Phi) is 11.4. The highest BCUT2D eigenvalue weighted by Crippen LogP contribution is 2.14. The lowest BCUT2D eigenvalue weighted by Gasteiger charge is -2.02. The summed E-state index contributed by atoms with van der Waals surface area (Å²) in [6.07, 6.45) is 21.7. The Balaban J connectivity index is 2.18. The lowest BCUT2D eigenvalue weighted by atomic mass is 10.0. The molecule has 1 rings (SSSR count). The molecule has 2 nitrogen and oxygen atoms in total. The summed E-state index contributed by atoms with van der Waals surface area (Å²) in [5.74, 6) is 0.967. The van der Waals surface area contributed by atoms with Gasteiger partial charge in [0.25, 0.3) is 0 Å². The van der Waals surface area contributed by atoms with Crippen LogP contribution in [0.25, 0.3) is 0 Å². The zero-order chi connectivity index (χ0) is 19.2. The van der Waals surface area contributed by atoms with Crippen LogP contribution < -0.4 is 0 Å². The van der Waals surface area contributed by atoms with Gasteiger partial charge in [-0.3, -0.25) is 0 Å². The largest absolute Gasteiger partial charge is 0.449 e. The second-order valence-electron chi connectivity index (χ2n) is 7.56. The predicted molar refractivity (Wildman–Crippen MR) is 113 cm³/mol. The maximum atomic E-state index is 5.26. The van der Waals surface area contributed by atoms with Crippen molar-refractivity contribution >= 4 is 0 Å². The first kappa shape index (κ1) is 22.2. The molecule has 0 aliphatic carbocycles. The van der Waals surface area contributed by atoms with Crippen LogP contribution in [-0.2, 0) is 6.42 Å². The van der Waals surface area contributed by atoms with E-state index >= 15 is 0 Å². The number of hydrogen-bond acceptors (Lipinski definition) is 2. The van der Waals surface area contributed by atoms with Crippen molar-refractivity contribution in [1.82, 2.24) is 4.98 Å². The van der Waals surface area contributed by atoms with E-state index in [0.29, 0.717) is 0 Å². The van der Waals surface area contributed by atoms with Gasteiger partial charge in [0.1, 0.15) is 5.76 Å². The van der Waals surface area contributed by atoms with E-state index in [0.717, 1.165) is 37.9 Å². The summed E-state index contributed by atoms with van der Waals surface area (Å²) in [5, 5.41) is 0. The van der Waals surface area contributed by atoms with E-state index in [4.69, 9.17) is 4.42 Å². The first-order valence-corrected chi connectivity index (χ1v) is 9.95. The van der Waals surface area contributed by atoms with Gasteiger partial charge in [-0.05, 0) is 79.6 Å². The van der Waals surface area contributed by atoms with Gasteiger partial charge in [-0.1, -0.05) is 46.6 Å². The van der Waals surface area contributed by atoms with Crippen molar-refractivity contribution in [2.75, 3.05) is 0 Å². The van der Waals surface area contributed by atoms with Crippen molar-refractivity contribution in [2.24, 2.45) is 0 Å². The Morgan fingerprint density at radius 1 is 0.769 bits per heavy atom. The summed E-state index contributed by atoms with van der Waals surface area (Å²) in [6.45, 7) is 11.1. The number of allylic oxidation sites excluding steroid dienone is 8. The number of aromatic nitrogens is 1. The summed E-state index contributed by atoms with van der Waals surface area (Å²) in [7, 11) is 0. The molecule has 144 valence electrons. The summed E-state index contributed by atoms with van der Waals surface area (Å²) in [4.78, 5) is 3.94. The fourth-order valence-electron chi connectivity index (χ4n) is 2.81. The molecule has 0 radical (unpaired) electrons. The summed E-state index contributed by atoms with van der Waals surface area (Å²) < 4.78 is 5.26. The van der Waals surface area contributed by atoms with Gasteiger partial charge in [0, 0.05) is 6.42 Å². The summed E-state index contributed by atoms with van der Waals surface area (Å²) in [5.41, 5.74) is 5.90. The molecule has 1 aromatic rings. The van der Waals surface area contributed by atoms with E-state index < -0.39 is 0 Å². The second-order valence-corrected chi connectivity index (χ2v) is 7.56. The maximum absolute atomic E-state index is 5.26.